The van der Waals surface area contributed by atoms with Crippen LogP contribution < -0.4 is 5.73 Å². The normalized spacial score (nSPS) is 20.9. The maximum absolute atomic E-state index is 6.22. The molecule has 1 unspecified atom stereocenters. The summed E-state index contributed by atoms with van der Waals surface area (Å²) in [5.41, 5.74) is 7.37. The molecular weight excluding hydrogens is 218 g/mol. The average molecular weight is 239 g/mol. The molecule has 0 radical (unpaired) electrons. The van der Waals surface area contributed by atoms with Gasteiger partial charge in [0.25, 0.3) is 0 Å². The summed E-state index contributed by atoms with van der Waals surface area (Å²) < 4.78 is 2.17. The van der Waals surface area contributed by atoms with Gasteiger partial charge in [0.1, 0.15) is 11.6 Å². The molecule has 0 aliphatic carbocycles. The zero-order chi connectivity index (χ0) is 11.7. The summed E-state index contributed by atoms with van der Waals surface area (Å²) in [5.74, 6) is 5.60. The largest absolute Gasteiger partial charge is 0.384 e. The Morgan fingerprint density at radius 2 is 2.31 bits per heavy atom. The van der Waals surface area contributed by atoms with Gasteiger partial charge < -0.3 is 10.3 Å². The molecule has 2 heterocycles. The Morgan fingerprint density at radius 1 is 1.56 bits per heavy atom. The van der Waals surface area contributed by atoms with Crippen LogP contribution in [0.2, 0.25) is 0 Å². The van der Waals surface area contributed by atoms with Crippen molar-refractivity contribution in [2.75, 3.05) is 17.2 Å². The zero-order valence-electron chi connectivity index (χ0n) is 10.4. The topological polar surface area (TPSA) is 43.8 Å². The second-order valence-corrected chi connectivity index (χ2v) is 6.14. The molecule has 2 N–H and O–H groups in total. The maximum atomic E-state index is 6.22. The number of nitrogens with zero attached hydrogens (tertiary/aromatic N) is 2. The summed E-state index contributed by atoms with van der Waals surface area (Å²) in [6.07, 6.45) is 1.23. The maximum Gasteiger partial charge on any atom is 0.127 e. The lowest BCUT2D eigenvalue weighted by Gasteiger charge is -2.11. The molecule has 1 aliphatic heterocycles. The molecule has 0 saturated carbocycles. The minimum absolute atomic E-state index is 0.581. The molecule has 90 valence electrons. The van der Waals surface area contributed by atoms with E-state index in [-0.39, 0.29) is 0 Å². The standard InChI is InChI=1S/C12H21N3S/c1-8(2)6-15-9(3)14-11(12(15)13)10-4-5-16-7-10/h8,10H,4-7,13H2,1-3H3. The van der Waals surface area contributed by atoms with Gasteiger partial charge in [-0.1, -0.05) is 13.8 Å². The Morgan fingerprint density at radius 3 is 2.88 bits per heavy atom. The summed E-state index contributed by atoms with van der Waals surface area (Å²) in [6, 6.07) is 0. The smallest absolute Gasteiger partial charge is 0.127 e. The molecule has 0 bridgehead atoms. The van der Waals surface area contributed by atoms with E-state index in [9.17, 15) is 0 Å². The molecule has 3 nitrogen and oxygen atoms in total. The Balaban J connectivity index is 2.26. The van der Waals surface area contributed by atoms with E-state index >= 15 is 0 Å². The number of hydrogen-bond acceptors (Lipinski definition) is 3. The zero-order valence-corrected chi connectivity index (χ0v) is 11.2. The van der Waals surface area contributed by atoms with Crippen molar-refractivity contribution in [2.45, 2.75) is 39.7 Å². The molecule has 1 aliphatic rings. The second-order valence-electron chi connectivity index (χ2n) is 4.99. The molecule has 1 atom stereocenters. The lowest BCUT2D eigenvalue weighted by molar-refractivity contribution is 0.518. The molecule has 1 saturated heterocycles. The lowest BCUT2D eigenvalue weighted by Crippen LogP contribution is -2.10. The van der Waals surface area contributed by atoms with Crippen LogP contribution >= 0.6 is 11.8 Å². The van der Waals surface area contributed by atoms with Gasteiger partial charge in [-0.05, 0) is 25.0 Å². The van der Waals surface area contributed by atoms with Crippen LogP contribution in [0.1, 0.15) is 37.7 Å². The van der Waals surface area contributed by atoms with E-state index in [1.165, 1.54) is 17.9 Å². The van der Waals surface area contributed by atoms with Crippen LogP contribution in [0, 0.1) is 12.8 Å². The van der Waals surface area contributed by atoms with Crippen LogP contribution in [-0.4, -0.2) is 21.1 Å². The molecule has 1 fully saturated rings. The highest BCUT2D eigenvalue weighted by Crippen LogP contribution is 2.35. The van der Waals surface area contributed by atoms with Crippen molar-refractivity contribution in [3.05, 3.63) is 11.5 Å². The quantitative estimate of drug-likeness (QED) is 0.882. The highest BCUT2D eigenvalue weighted by atomic mass is 32.2. The fraction of sp³-hybridized carbons (Fsp3) is 0.750. The summed E-state index contributed by atoms with van der Waals surface area (Å²) in [4.78, 5) is 4.67. The van der Waals surface area contributed by atoms with Gasteiger partial charge in [-0.15, -0.1) is 0 Å². The number of thioether (sulfide) groups is 1. The second kappa shape index (κ2) is 4.70. The van der Waals surface area contributed by atoms with Crippen LogP contribution in [0.25, 0.3) is 0 Å². The van der Waals surface area contributed by atoms with Gasteiger partial charge in [0.15, 0.2) is 0 Å². The predicted octanol–water partition coefficient (Wildman–Crippen LogP) is 2.65. The molecule has 1 aromatic heterocycles. The van der Waals surface area contributed by atoms with Gasteiger partial charge in [-0.3, -0.25) is 0 Å². The summed E-state index contributed by atoms with van der Waals surface area (Å²) in [5, 5.41) is 0. The fourth-order valence-electron chi connectivity index (χ4n) is 2.25. The van der Waals surface area contributed by atoms with Gasteiger partial charge in [-0.2, -0.15) is 11.8 Å². The van der Waals surface area contributed by atoms with Gasteiger partial charge >= 0.3 is 0 Å². The number of rotatable bonds is 3. The first-order valence-corrected chi connectivity index (χ1v) is 7.15. The highest BCUT2D eigenvalue weighted by molar-refractivity contribution is 7.99. The van der Waals surface area contributed by atoms with Crippen molar-refractivity contribution in [1.82, 2.24) is 9.55 Å². The van der Waals surface area contributed by atoms with E-state index < -0.39 is 0 Å². The monoisotopic (exact) mass is 239 g/mol. The van der Waals surface area contributed by atoms with E-state index in [1.807, 2.05) is 11.8 Å². The molecule has 2 rings (SSSR count). The SMILES string of the molecule is Cc1nc(C2CCSC2)c(N)n1CC(C)C. The highest BCUT2D eigenvalue weighted by Gasteiger charge is 2.24. The van der Waals surface area contributed by atoms with E-state index in [0.29, 0.717) is 11.8 Å². The van der Waals surface area contributed by atoms with Crippen LogP contribution in [-0.2, 0) is 6.54 Å². The van der Waals surface area contributed by atoms with Gasteiger partial charge in [0.2, 0.25) is 0 Å². The Labute approximate surface area is 102 Å². The molecular formula is C12H21N3S. The molecule has 0 aromatic carbocycles. The van der Waals surface area contributed by atoms with Crippen LogP contribution in [0.3, 0.4) is 0 Å². The van der Waals surface area contributed by atoms with E-state index in [0.717, 1.165) is 23.9 Å². The number of imidazole rings is 1. The van der Waals surface area contributed by atoms with Crippen LogP contribution in [0.5, 0.6) is 0 Å². The third kappa shape index (κ3) is 2.21. The number of hydrogen-bond donors (Lipinski definition) is 1. The van der Waals surface area contributed by atoms with Crippen LogP contribution in [0.15, 0.2) is 0 Å². The van der Waals surface area contributed by atoms with Crippen molar-refractivity contribution < 1.29 is 0 Å². The third-order valence-electron chi connectivity index (χ3n) is 3.09. The minimum Gasteiger partial charge on any atom is -0.384 e. The van der Waals surface area contributed by atoms with E-state index in [1.54, 1.807) is 0 Å². The Hall–Kier alpha value is -0.640. The minimum atomic E-state index is 0.581. The van der Waals surface area contributed by atoms with Gasteiger partial charge in [0.05, 0.1) is 5.69 Å². The number of anilines is 1. The molecule has 16 heavy (non-hydrogen) atoms. The van der Waals surface area contributed by atoms with Crippen molar-refractivity contribution >= 4 is 17.6 Å². The van der Waals surface area contributed by atoms with Gasteiger partial charge in [0, 0.05) is 18.2 Å². The molecule has 1 aromatic rings. The molecule has 0 spiro atoms. The van der Waals surface area contributed by atoms with Crippen molar-refractivity contribution in [2.24, 2.45) is 5.92 Å². The van der Waals surface area contributed by atoms with Crippen molar-refractivity contribution in [3.63, 3.8) is 0 Å². The number of nitrogen functional groups attached to an aromatic ring is 1. The van der Waals surface area contributed by atoms with E-state index in [4.69, 9.17) is 5.73 Å². The Kier molecular flexibility index (Phi) is 3.47. The summed E-state index contributed by atoms with van der Waals surface area (Å²) >= 11 is 2.01. The number of aryl methyl sites for hydroxylation is 1. The lowest BCUT2D eigenvalue weighted by atomic mass is 10.1. The fourth-order valence-corrected chi connectivity index (χ4v) is 3.48. The first-order valence-electron chi connectivity index (χ1n) is 5.99. The van der Waals surface area contributed by atoms with Crippen molar-refractivity contribution in [3.8, 4) is 0 Å². The predicted molar refractivity (Wildman–Crippen MR) is 70.9 cm³/mol. The summed E-state index contributed by atoms with van der Waals surface area (Å²) in [6.45, 7) is 7.46. The first-order chi connectivity index (χ1) is 7.59. The average Bonchev–Trinajstić information content (AvgIpc) is 2.80. The van der Waals surface area contributed by atoms with E-state index in [2.05, 4.69) is 30.3 Å². The van der Waals surface area contributed by atoms with Crippen molar-refractivity contribution in [1.29, 1.82) is 0 Å². The molecule has 0 amide bonds. The van der Waals surface area contributed by atoms with Crippen LogP contribution in [0.4, 0.5) is 5.82 Å². The first kappa shape index (κ1) is 11.8. The molecule has 4 heteroatoms. The Bertz CT molecular complexity index is 365. The summed E-state index contributed by atoms with van der Waals surface area (Å²) in [7, 11) is 0. The number of aromatic nitrogens is 2. The number of nitrogens with two attached hydrogens (primary N) is 1. The van der Waals surface area contributed by atoms with Gasteiger partial charge in [-0.25, -0.2) is 4.98 Å². The third-order valence-corrected chi connectivity index (χ3v) is 4.25.